The summed E-state index contributed by atoms with van der Waals surface area (Å²) in [6.45, 7) is 7.44. The minimum Gasteiger partial charge on any atom is -0.485 e. The molecule has 1 fully saturated rings. The van der Waals surface area contributed by atoms with Gasteiger partial charge in [-0.3, -0.25) is 4.79 Å². The number of para-hydroxylation sites is 1. The van der Waals surface area contributed by atoms with Crippen molar-refractivity contribution in [3.05, 3.63) is 23.8 Å². The molecule has 2 N–H and O–H groups in total. The number of piperidine rings is 1. The Bertz CT molecular complexity index is 657. The summed E-state index contributed by atoms with van der Waals surface area (Å²) in [5.41, 5.74) is 1.47. The topological polar surface area (TPSA) is 70.7 Å². The van der Waals surface area contributed by atoms with E-state index in [-0.39, 0.29) is 17.5 Å². The van der Waals surface area contributed by atoms with Gasteiger partial charge in [0.1, 0.15) is 17.4 Å². The van der Waals surface area contributed by atoms with Gasteiger partial charge in [0.15, 0.2) is 0 Å². The summed E-state index contributed by atoms with van der Waals surface area (Å²) in [6, 6.07) is 4.92. The van der Waals surface area contributed by atoms with Crippen molar-refractivity contribution in [2.75, 3.05) is 18.4 Å². The molecule has 1 saturated heterocycles. The molecule has 24 heavy (non-hydrogen) atoms. The molecule has 1 aromatic carbocycles. The zero-order valence-corrected chi connectivity index (χ0v) is 14.5. The number of nitrogens with zero attached hydrogens (tertiary/aromatic N) is 1. The van der Waals surface area contributed by atoms with Gasteiger partial charge in [0.25, 0.3) is 0 Å². The fourth-order valence-electron chi connectivity index (χ4n) is 3.42. The Balaban J connectivity index is 1.67. The van der Waals surface area contributed by atoms with Crippen LogP contribution in [0.2, 0.25) is 0 Å². The van der Waals surface area contributed by atoms with E-state index in [1.54, 1.807) is 4.90 Å². The molecule has 0 bridgehead atoms. The fraction of sp³-hybridized carbons (Fsp3) is 0.556. The van der Waals surface area contributed by atoms with Gasteiger partial charge in [-0.05, 0) is 39.7 Å². The average molecular weight is 331 g/mol. The molecule has 0 aliphatic carbocycles. The molecule has 2 aliphatic rings. The van der Waals surface area contributed by atoms with Crippen molar-refractivity contribution in [1.29, 1.82) is 0 Å². The Morgan fingerprint density at radius 1 is 1.42 bits per heavy atom. The average Bonchev–Trinajstić information content (AvgIpc) is 2.84. The highest BCUT2D eigenvalue weighted by molar-refractivity contribution is 5.95. The van der Waals surface area contributed by atoms with E-state index >= 15 is 0 Å². The number of ether oxygens (including phenoxy) is 1. The van der Waals surface area contributed by atoms with E-state index in [1.807, 2.05) is 39.0 Å². The van der Waals surface area contributed by atoms with Gasteiger partial charge in [-0.25, -0.2) is 4.79 Å². The highest BCUT2D eigenvalue weighted by Gasteiger charge is 2.33. The molecule has 0 spiro atoms. The molecule has 2 heterocycles. The summed E-state index contributed by atoms with van der Waals surface area (Å²) in [6.07, 6.45) is 2.40. The number of amides is 3. The summed E-state index contributed by atoms with van der Waals surface area (Å²) >= 11 is 0. The van der Waals surface area contributed by atoms with Crippen molar-refractivity contribution in [3.63, 3.8) is 0 Å². The summed E-state index contributed by atoms with van der Waals surface area (Å²) in [4.78, 5) is 26.4. The number of hydrogen-bond acceptors (Lipinski definition) is 3. The molecule has 3 rings (SSSR count). The minimum absolute atomic E-state index is 0.00502. The van der Waals surface area contributed by atoms with E-state index in [9.17, 15) is 9.59 Å². The number of anilines is 1. The molecular weight excluding hydrogens is 306 g/mol. The standard InChI is InChI=1S/C18H25N3O3/c1-4-21-10-6-9-14(16(21)22)20-17(23)19-13-8-5-7-12-11-18(2,3)24-15(12)13/h5,7-8,14H,4,6,9-11H2,1-3H3,(H2,19,20,23). The van der Waals surface area contributed by atoms with Crippen LogP contribution in [0, 0.1) is 0 Å². The third-order valence-electron chi connectivity index (χ3n) is 4.56. The number of fused-ring (bicyclic) bond motifs is 1. The van der Waals surface area contributed by atoms with Crippen molar-refractivity contribution in [1.82, 2.24) is 10.2 Å². The normalized spacial score (nSPS) is 21.9. The number of urea groups is 1. The molecule has 2 aliphatic heterocycles. The van der Waals surface area contributed by atoms with Crippen LogP contribution < -0.4 is 15.4 Å². The van der Waals surface area contributed by atoms with Crippen LogP contribution in [0.5, 0.6) is 5.75 Å². The maximum Gasteiger partial charge on any atom is 0.319 e. The first-order valence-corrected chi connectivity index (χ1v) is 8.57. The Hall–Kier alpha value is -2.24. The van der Waals surface area contributed by atoms with Crippen LogP contribution in [0.15, 0.2) is 18.2 Å². The van der Waals surface area contributed by atoms with Gasteiger partial charge in [-0.2, -0.15) is 0 Å². The predicted molar refractivity (Wildman–Crippen MR) is 92.3 cm³/mol. The van der Waals surface area contributed by atoms with Gasteiger partial charge in [-0.15, -0.1) is 0 Å². The van der Waals surface area contributed by atoms with E-state index in [0.29, 0.717) is 18.7 Å². The van der Waals surface area contributed by atoms with E-state index in [1.165, 1.54) is 0 Å². The number of likely N-dealkylation sites (N-methyl/N-ethyl adjacent to an activating group) is 1. The lowest BCUT2D eigenvalue weighted by Crippen LogP contribution is -2.53. The highest BCUT2D eigenvalue weighted by atomic mass is 16.5. The molecule has 0 saturated carbocycles. The second kappa shape index (κ2) is 6.34. The van der Waals surface area contributed by atoms with Crippen molar-refractivity contribution >= 4 is 17.6 Å². The number of benzene rings is 1. The van der Waals surface area contributed by atoms with Crippen molar-refractivity contribution in [2.24, 2.45) is 0 Å². The smallest absolute Gasteiger partial charge is 0.319 e. The van der Waals surface area contributed by atoms with Crippen LogP contribution in [-0.2, 0) is 11.2 Å². The van der Waals surface area contributed by atoms with E-state index in [2.05, 4.69) is 10.6 Å². The van der Waals surface area contributed by atoms with Crippen molar-refractivity contribution in [3.8, 4) is 5.75 Å². The van der Waals surface area contributed by atoms with Crippen molar-refractivity contribution < 1.29 is 14.3 Å². The van der Waals surface area contributed by atoms with Crippen LogP contribution >= 0.6 is 0 Å². The summed E-state index contributed by atoms with van der Waals surface area (Å²) in [5, 5.41) is 5.63. The highest BCUT2D eigenvalue weighted by Crippen LogP contribution is 2.40. The predicted octanol–water partition coefficient (Wildman–Crippen LogP) is 2.53. The molecule has 1 unspecified atom stereocenters. The summed E-state index contributed by atoms with van der Waals surface area (Å²) < 4.78 is 5.95. The molecule has 6 heteroatoms. The van der Waals surface area contributed by atoms with Crippen LogP contribution in [0.25, 0.3) is 0 Å². The lowest BCUT2D eigenvalue weighted by Gasteiger charge is -2.31. The first-order chi connectivity index (χ1) is 11.4. The number of hydrogen-bond donors (Lipinski definition) is 2. The molecule has 3 amide bonds. The molecule has 1 aromatic rings. The Morgan fingerprint density at radius 2 is 2.21 bits per heavy atom. The van der Waals surface area contributed by atoms with Crippen LogP contribution in [-0.4, -0.2) is 41.6 Å². The van der Waals surface area contributed by atoms with Crippen molar-refractivity contribution in [2.45, 2.75) is 51.7 Å². The van der Waals surface area contributed by atoms with Gasteiger partial charge >= 0.3 is 6.03 Å². The van der Waals surface area contributed by atoms with Gasteiger partial charge in [-0.1, -0.05) is 12.1 Å². The SMILES string of the molecule is CCN1CCCC(NC(=O)Nc2cccc3c2OC(C)(C)C3)C1=O. The van der Waals surface area contributed by atoms with Crippen LogP contribution in [0.4, 0.5) is 10.5 Å². The maximum absolute atomic E-state index is 12.3. The Morgan fingerprint density at radius 3 is 2.96 bits per heavy atom. The minimum atomic E-state index is -0.451. The zero-order chi connectivity index (χ0) is 17.3. The van der Waals surface area contributed by atoms with Crippen LogP contribution in [0.1, 0.15) is 39.2 Å². The molecule has 130 valence electrons. The number of nitrogens with one attached hydrogen (secondary N) is 2. The Labute approximate surface area is 142 Å². The third-order valence-corrected chi connectivity index (χ3v) is 4.56. The second-order valence-corrected chi connectivity index (χ2v) is 7.04. The van der Waals surface area contributed by atoms with Gasteiger partial charge in [0.2, 0.25) is 5.91 Å². The van der Waals surface area contributed by atoms with E-state index in [4.69, 9.17) is 4.74 Å². The molecule has 0 aromatic heterocycles. The van der Waals surface area contributed by atoms with Gasteiger partial charge in [0.05, 0.1) is 5.69 Å². The summed E-state index contributed by atoms with van der Waals surface area (Å²) in [5.74, 6) is 0.720. The largest absolute Gasteiger partial charge is 0.485 e. The van der Waals surface area contributed by atoms with Gasteiger partial charge in [0, 0.05) is 25.1 Å². The number of rotatable bonds is 3. The number of carbonyl (C=O) groups excluding carboxylic acids is 2. The van der Waals surface area contributed by atoms with E-state index < -0.39 is 6.04 Å². The third kappa shape index (κ3) is 3.32. The first kappa shape index (κ1) is 16.6. The molecular formula is C18H25N3O3. The summed E-state index contributed by atoms with van der Waals surface area (Å²) in [7, 11) is 0. The van der Waals surface area contributed by atoms with Crippen LogP contribution in [0.3, 0.4) is 0 Å². The lowest BCUT2D eigenvalue weighted by atomic mass is 10.0. The molecule has 0 radical (unpaired) electrons. The Kier molecular flexibility index (Phi) is 4.39. The number of likely N-dealkylation sites (tertiary alicyclic amines) is 1. The molecule has 1 atom stereocenters. The van der Waals surface area contributed by atoms with E-state index in [0.717, 1.165) is 30.7 Å². The molecule has 6 nitrogen and oxygen atoms in total. The number of carbonyl (C=O) groups is 2. The maximum atomic E-state index is 12.3. The monoisotopic (exact) mass is 331 g/mol. The first-order valence-electron chi connectivity index (χ1n) is 8.57. The fourth-order valence-corrected chi connectivity index (χ4v) is 3.42. The van der Waals surface area contributed by atoms with Gasteiger partial charge < -0.3 is 20.3 Å². The second-order valence-electron chi connectivity index (χ2n) is 7.04. The zero-order valence-electron chi connectivity index (χ0n) is 14.5. The quantitative estimate of drug-likeness (QED) is 0.894. The lowest BCUT2D eigenvalue weighted by molar-refractivity contribution is -0.135.